The third-order valence-electron chi connectivity index (χ3n) is 9.17. The van der Waals surface area contributed by atoms with E-state index in [0.29, 0.717) is 5.75 Å². The molecule has 0 fully saturated rings. The van der Waals surface area contributed by atoms with Crippen LogP contribution < -0.4 is 0 Å². The summed E-state index contributed by atoms with van der Waals surface area (Å²) < 4.78 is -0.310. The summed E-state index contributed by atoms with van der Waals surface area (Å²) in [5.41, 5.74) is 0. The molecule has 0 aliphatic carbocycles. The first-order valence-corrected chi connectivity index (χ1v) is 20.0. The van der Waals surface area contributed by atoms with Crippen LogP contribution in [0.25, 0.3) is 0 Å². The van der Waals surface area contributed by atoms with Gasteiger partial charge in [0.2, 0.25) is 0 Å². The molecule has 0 radical (unpaired) electrons. The first kappa shape index (κ1) is 42.3. The Hall–Kier alpha value is -0.710. The molecule has 0 saturated carbocycles. The van der Waals surface area contributed by atoms with E-state index in [2.05, 4.69) is 13.8 Å². The van der Waals surface area contributed by atoms with E-state index in [1.165, 1.54) is 154 Å². The van der Waals surface area contributed by atoms with Crippen LogP contribution in [0.4, 0.5) is 0 Å². The summed E-state index contributed by atoms with van der Waals surface area (Å²) in [5.74, 6) is -1.01. The molecule has 0 bridgehead atoms. The van der Waals surface area contributed by atoms with Crippen molar-refractivity contribution in [3.63, 3.8) is 0 Å². The number of carboxylic acids is 2. The number of carboxylic acid groups (broad SMARTS) is 2. The van der Waals surface area contributed by atoms with Crippen molar-refractivity contribution in [3.05, 3.63) is 0 Å². The van der Waals surface area contributed by atoms with Gasteiger partial charge in [-0.3, -0.25) is 9.59 Å². The zero-order valence-corrected chi connectivity index (χ0v) is 29.8. The van der Waals surface area contributed by atoms with Crippen molar-refractivity contribution >= 4 is 23.7 Å². The summed E-state index contributed by atoms with van der Waals surface area (Å²) in [7, 11) is 0. The van der Waals surface area contributed by atoms with E-state index < -0.39 is 11.9 Å². The molecule has 0 aliphatic rings. The van der Waals surface area contributed by atoms with E-state index >= 15 is 0 Å². The molecule has 0 rings (SSSR count). The smallest absolute Gasteiger partial charge is 0.304 e. The maximum Gasteiger partial charge on any atom is 0.304 e. The number of rotatable bonds is 36. The van der Waals surface area contributed by atoms with Gasteiger partial charge in [-0.15, -0.1) is 0 Å². The molecule has 0 atom stereocenters. The predicted octanol–water partition coefficient (Wildman–Crippen LogP) is 13.2. The minimum Gasteiger partial charge on any atom is -0.481 e. The molecule has 0 spiro atoms. The van der Waals surface area contributed by atoms with Crippen LogP contribution in [0.1, 0.15) is 219 Å². The second-order valence-corrected chi connectivity index (χ2v) is 15.0. The van der Waals surface area contributed by atoms with Crippen LogP contribution in [0.5, 0.6) is 0 Å². The van der Waals surface area contributed by atoms with Gasteiger partial charge in [-0.1, -0.05) is 194 Å². The van der Waals surface area contributed by atoms with Crippen molar-refractivity contribution < 1.29 is 19.8 Å². The van der Waals surface area contributed by atoms with Crippen LogP contribution in [-0.4, -0.2) is 32.7 Å². The summed E-state index contributed by atoms with van der Waals surface area (Å²) >= 11 is 1.63. The van der Waals surface area contributed by atoms with Gasteiger partial charge in [0.05, 0.1) is 12.8 Å². The second kappa shape index (κ2) is 32.7. The van der Waals surface area contributed by atoms with Crippen LogP contribution >= 0.6 is 11.8 Å². The van der Waals surface area contributed by atoms with Gasteiger partial charge in [-0.25, -0.2) is 0 Å². The van der Waals surface area contributed by atoms with E-state index in [-0.39, 0.29) is 17.6 Å². The van der Waals surface area contributed by atoms with Crippen molar-refractivity contribution in [2.45, 2.75) is 224 Å². The van der Waals surface area contributed by atoms with Gasteiger partial charge >= 0.3 is 11.9 Å². The number of carbonyl (C=O) groups is 2. The lowest BCUT2D eigenvalue weighted by Crippen LogP contribution is -2.29. The highest BCUT2D eigenvalue weighted by Crippen LogP contribution is 2.40. The highest BCUT2D eigenvalue weighted by Gasteiger charge is 2.32. The molecule has 0 saturated heterocycles. The largest absolute Gasteiger partial charge is 0.481 e. The lowest BCUT2D eigenvalue weighted by molar-refractivity contribution is -0.138. The first-order valence-electron chi connectivity index (χ1n) is 19.0. The average Bonchev–Trinajstić information content (AvgIpc) is 2.97. The number of hydrogen-bond donors (Lipinski definition) is 2. The quantitative estimate of drug-likeness (QED) is 0.0677. The normalized spacial score (nSPS) is 11.8. The molecular formula is C38H74O4S. The monoisotopic (exact) mass is 627 g/mol. The zero-order valence-electron chi connectivity index (χ0n) is 29.0. The Bertz CT molecular complexity index is 577. The van der Waals surface area contributed by atoms with E-state index in [1.807, 2.05) is 0 Å². The zero-order chi connectivity index (χ0) is 31.7. The molecule has 0 unspecified atom stereocenters. The maximum atomic E-state index is 11.9. The van der Waals surface area contributed by atoms with Gasteiger partial charge in [0.15, 0.2) is 0 Å². The summed E-state index contributed by atoms with van der Waals surface area (Å²) in [5, 5.41) is 18.9. The molecule has 256 valence electrons. The summed E-state index contributed by atoms with van der Waals surface area (Å²) in [4.78, 5) is 23.0. The van der Waals surface area contributed by atoms with Crippen molar-refractivity contribution in [2.24, 2.45) is 0 Å². The summed E-state index contributed by atoms with van der Waals surface area (Å²) in [6, 6.07) is 0. The molecule has 4 nitrogen and oxygen atoms in total. The van der Waals surface area contributed by atoms with Gasteiger partial charge in [0.25, 0.3) is 0 Å². The minimum atomic E-state index is -0.787. The first-order chi connectivity index (χ1) is 21.0. The number of aliphatic carboxylic acids is 2. The molecule has 0 aliphatic heterocycles. The fourth-order valence-electron chi connectivity index (χ4n) is 6.41. The fraction of sp³-hybridized carbons (Fsp3) is 0.947. The van der Waals surface area contributed by atoms with Crippen molar-refractivity contribution in [1.29, 1.82) is 0 Å². The topological polar surface area (TPSA) is 74.6 Å². The minimum absolute atomic E-state index is 0.115. The van der Waals surface area contributed by atoms with E-state index in [1.54, 1.807) is 11.8 Å². The SMILES string of the molecule is CCCCCCCCCCCCCCCCC(CCCCCCCCCCCCCCCC)(CC(=O)O)SCCC(=O)O. The molecule has 0 heterocycles. The molecule has 0 amide bonds. The third kappa shape index (κ3) is 31.1. The predicted molar refractivity (Wildman–Crippen MR) is 190 cm³/mol. The van der Waals surface area contributed by atoms with Gasteiger partial charge < -0.3 is 10.2 Å². The van der Waals surface area contributed by atoms with Gasteiger partial charge in [0.1, 0.15) is 0 Å². The van der Waals surface area contributed by atoms with Crippen LogP contribution in [0, 0.1) is 0 Å². The molecule has 2 N–H and O–H groups in total. The van der Waals surface area contributed by atoms with Crippen LogP contribution in [0.15, 0.2) is 0 Å². The van der Waals surface area contributed by atoms with E-state index in [4.69, 9.17) is 0 Å². The molecule has 5 heteroatoms. The van der Waals surface area contributed by atoms with Crippen molar-refractivity contribution in [2.75, 3.05) is 5.75 Å². The number of hydrogen-bond acceptors (Lipinski definition) is 3. The van der Waals surface area contributed by atoms with Gasteiger partial charge in [-0.05, 0) is 12.8 Å². The van der Waals surface area contributed by atoms with Gasteiger partial charge in [0, 0.05) is 10.5 Å². The van der Waals surface area contributed by atoms with Crippen LogP contribution in [0.2, 0.25) is 0 Å². The number of thioether (sulfide) groups is 1. The molecule has 0 aromatic heterocycles. The van der Waals surface area contributed by atoms with Crippen LogP contribution in [0.3, 0.4) is 0 Å². The Morgan fingerprint density at radius 2 is 0.721 bits per heavy atom. The summed E-state index contributed by atoms with van der Waals surface area (Å²) in [6.45, 7) is 4.55. The molecular weight excluding hydrogens is 552 g/mol. The Kier molecular flexibility index (Phi) is 32.1. The maximum absolute atomic E-state index is 11.9. The highest BCUT2D eigenvalue weighted by atomic mass is 32.2. The Balaban J connectivity index is 4.21. The Morgan fingerprint density at radius 1 is 0.442 bits per heavy atom. The molecule has 0 aromatic rings. The van der Waals surface area contributed by atoms with E-state index in [0.717, 1.165) is 38.5 Å². The lowest BCUT2D eigenvalue weighted by atomic mass is 9.90. The lowest BCUT2D eigenvalue weighted by Gasteiger charge is -2.32. The highest BCUT2D eigenvalue weighted by molar-refractivity contribution is 8.00. The summed E-state index contributed by atoms with van der Waals surface area (Å²) in [6.07, 6.45) is 39.1. The van der Waals surface area contributed by atoms with E-state index in [9.17, 15) is 19.8 Å². The average molecular weight is 627 g/mol. The molecule has 43 heavy (non-hydrogen) atoms. The Labute approximate surface area is 272 Å². The number of unbranched alkanes of at least 4 members (excludes halogenated alkanes) is 26. The molecule has 0 aromatic carbocycles. The standard InChI is InChI=1S/C38H74O4S/c1-3-5-7-9-11-13-15-17-19-21-23-25-27-29-32-38(35-37(41)42,43-34-31-36(39)40)33-30-28-26-24-22-20-18-16-14-12-10-8-6-4-2/h3-35H2,1-2H3,(H,39,40)(H,41,42). The second-order valence-electron chi connectivity index (χ2n) is 13.4. The van der Waals surface area contributed by atoms with Crippen molar-refractivity contribution in [3.8, 4) is 0 Å². The third-order valence-corrected chi connectivity index (χ3v) is 10.7. The Morgan fingerprint density at radius 3 is 0.977 bits per heavy atom. The fourth-order valence-corrected chi connectivity index (χ4v) is 7.92. The van der Waals surface area contributed by atoms with Gasteiger partial charge in [-0.2, -0.15) is 11.8 Å². The van der Waals surface area contributed by atoms with Crippen molar-refractivity contribution in [1.82, 2.24) is 0 Å². The van der Waals surface area contributed by atoms with Crippen LogP contribution in [-0.2, 0) is 9.59 Å².